The van der Waals surface area contributed by atoms with Gasteiger partial charge in [-0.15, -0.1) is 0 Å². The number of Topliss-reactive ketones (excluding diaryl/α,β-unsaturated/α-hetero) is 1. The van der Waals surface area contributed by atoms with Crippen LogP contribution in [0, 0.1) is 0 Å². The molecule has 0 unspecified atom stereocenters. The fourth-order valence-electron chi connectivity index (χ4n) is 1.93. The number of aliphatic hydroxyl groups is 1. The topological polar surface area (TPSA) is 118 Å². The summed E-state index contributed by atoms with van der Waals surface area (Å²) in [6.45, 7) is 0. The lowest BCUT2D eigenvalue weighted by Crippen LogP contribution is -2.02. The summed E-state index contributed by atoms with van der Waals surface area (Å²) in [5.74, 6) is -1.48. The van der Waals surface area contributed by atoms with Gasteiger partial charge >= 0.3 is 0 Å². The van der Waals surface area contributed by atoms with Gasteiger partial charge in [-0.05, 0) is 24.1 Å². The van der Waals surface area contributed by atoms with Crippen molar-refractivity contribution in [3.05, 3.63) is 47.5 Å². The molecule has 2 aromatic carbocycles. The summed E-state index contributed by atoms with van der Waals surface area (Å²) in [7, 11) is 1.00. The zero-order chi connectivity index (χ0) is 16.7. The number of aliphatic hydroxyl groups excluding tert-OH is 1. The van der Waals surface area contributed by atoms with E-state index in [0.717, 1.165) is 24.8 Å². The molecule has 6 heteroatoms. The Bertz CT molecular complexity index is 611. The second-order valence-corrected chi connectivity index (χ2v) is 4.45. The Morgan fingerprint density at radius 2 is 1.36 bits per heavy atom. The van der Waals surface area contributed by atoms with Gasteiger partial charge in [0.25, 0.3) is 0 Å². The molecule has 22 heavy (non-hydrogen) atoms. The highest BCUT2D eigenvalue weighted by molar-refractivity contribution is 6.01. The van der Waals surface area contributed by atoms with Crippen LogP contribution in [0.1, 0.15) is 22.3 Å². The van der Waals surface area contributed by atoms with Crippen LogP contribution < -0.4 is 0 Å². The SMILES string of the molecule is CO.O=C(CCc1ccc(O)cc1)c1c(O)cc(O)cc1O. The van der Waals surface area contributed by atoms with Crippen LogP contribution in [0.25, 0.3) is 0 Å². The average molecular weight is 306 g/mol. The standard InChI is InChI=1S/C15H14O5.CH4O/c16-10-4-1-9(2-5-10)3-6-12(18)15-13(19)7-11(17)8-14(15)20;1-2/h1-2,4-5,7-8,16-17,19-20H,3,6H2;2H,1H3. The number of rotatable bonds is 4. The Morgan fingerprint density at radius 3 is 1.86 bits per heavy atom. The van der Waals surface area contributed by atoms with E-state index in [1.165, 1.54) is 12.1 Å². The van der Waals surface area contributed by atoms with Gasteiger partial charge in [-0.1, -0.05) is 12.1 Å². The number of carbonyl (C=O) groups is 1. The molecule has 0 fully saturated rings. The summed E-state index contributed by atoms with van der Waals surface area (Å²) < 4.78 is 0. The smallest absolute Gasteiger partial charge is 0.170 e. The molecule has 0 radical (unpaired) electrons. The molecule has 0 atom stereocenters. The number of carbonyl (C=O) groups excluding carboxylic acids is 1. The first-order chi connectivity index (χ1) is 10.5. The van der Waals surface area contributed by atoms with Crippen LogP contribution in [-0.2, 0) is 6.42 Å². The largest absolute Gasteiger partial charge is 0.508 e. The molecule has 0 saturated heterocycles. The Morgan fingerprint density at radius 1 is 0.864 bits per heavy atom. The molecule has 0 amide bonds. The van der Waals surface area contributed by atoms with Gasteiger partial charge in [-0.3, -0.25) is 4.79 Å². The first kappa shape index (κ1) is 17.3. The van der Waals surface area contributed by atoms with E-state index < -0.39 is 17.3 Å². The van der Waals surface area contributed by atoms with Gasteiger partial charge in [-0.2, -0.15) is 0 Å². The molecule has 2 aromatic rings. The molecule has 0 saturated carbocycles. The number of hydrogen-bond donors (Lipinski definition) is 5. The number of benzene rings is 2. The summed E-state index contributed by atoms with van der Waals surface area (Å²) >= 11 is 0. The van der Waals surface area contributed by atoms with E-state index in [4.69, 9.17) is 10.2 Å². The van der Waals surface area contributed by atoms with E-state index in [1.54, 1.807) is 12.1 Å². The van der Waals surface area contributed by atoms with Crippen molar-refractivity contribution in [3.8, 4) is 23.0 Å². The van der Waals surface area contributed by atoms with Gasteiger partial charge in [0.05, 0.1) is 0 Å². The molecule has 0 aliphatic heterocycles. The fraction of sp³-hybridized carbons (Fsp3) is 0.188. The molecule has 0 spiro atoms. The minimum Gasteiger partial charge on any atom is -0.508 e. The summed E-state index contributed by atoms with van der Waals surface area (Å²) in [6, 6.07) is 8.45. The quantitative estimate of drug-likeness (QED) is 0.551. The molecule has 118 valence electrons. The predicted molar refractivity (Wildman–Crippen MR) is 80.3 cm³/mol. The van der Waals surface area contributed by atoms with Crippen LogP contribution in [0.15, 0.2) is 36.4 Å². The number of aromatic hydroxyl groups is 4. The Balaban J connectivity index is 0.00000116. The van der Waals surface area contributed by atoms with Crippen LogP contribution >= 0.6 is 0 Å². The van der Waals surface area contributed by atoms with Crippen LogP contribution in [-0.4, -0.2) is 38.4 Å². The van der Waals surface area contributed by atoms with E-state index in [9.17, 15) is 20.1 Å². The molecule has 0 aliphatic carbocycles. The predicted octanol–water partition coefficient (Wildman–Crippen LogP) is 1.93. The lowest BCUT2D eigenvalue weighted by molar-refractivity contribution is 0.0977. The Hall–Kier alpha value is -2.73. The number of aryl methyl sites for hydroxylation is 1. The highest BCUT2D eigenvalue weighted by atomic mass is 16.3. The zero-order valence-corrected chi connectivity index (χ0v) is 12.0. The van der Waals surface area contributed by atoms with E-state index in [1.807, 2.05) is 0 Å². The van der Waals surface area contributed by atoms with Crippen molar-refractivity contribution in [1.29, 1.82) is 0 Å². The van der Waals surface area contributed by atoms with Crippen LogP contribution in [0.4, 0.5) is 0 Å². The van der Waals surface area contributed by atoms with Crippen molar-refractivity contribution in [3.63, 3.8) is 0 Å². The summed E-state index contributed by atoms with van der Waals surface area (Å²) in [4.78, 5) is 12.0. The van der Waals surface area contributed by atoms with Gasteiger partial charge in [0.1, 0.15) is 28.6 Å². The average Bonchev–Trinajstić information content (AvgIpc) is 2.47. The number of phenols is 4. The van der Waals surface area contributed by atoms with Crippen molar-refractivity contribution in [2.45, 2.75) is 12.8 Å². The number of phenolic OH excluding ortho intramolecular Hbond substituents is 4. The molecule has 0 heterocycles. The third-order valence-corrected chi connectivity index (χ3v) is 2.94. The van der Waals surface area contributed by atoms with Crippen molar-refractivity contribution >= 4 is 5.78 Å². The molecule has 5 N–H and O–H groups in total. The second-order valence-electron chi connectivity index (χ2n) is 4.45. The maximum Gasteiger partial charge on any atom is 0.170 e. The molecule has 6 nitrogen and oxygen atoms in total. The number of ketones is 1. The van der Waals surface area contributed by atoms with Crippen molar-refractivity contribution in [2.24, 2.45) is 0 Å². The first-order valence-electron chi connectivity index (χ1n) is 6.48. The van der Waals surface area contributed by atoms with Crippen molar-refractivity contribution in [2.75, 3.05) is 7.11 Å². The zero-order valence-electron chi connectivity index (χ0n) is 12.0. The van der Waals surface area contributed by atoms with E-state index in [-0.39, 0.29) is 23.5 Å². The highest BCUT2D eigenvalue weighted by Gasteiger charge is 2.17. The minimum absolute atomic E-state index is 0.0939. The van der Waals surface area contributed by atoms with Crippen LogP contribution in [0.3, 0.4) is 0 Å². The fourth-order valence-corrected chi connectivity index (χ4v) is 1.93. The van der Waals surface area contributed by atoms with Gasteiger partial charge in [-0.25, -0.2) is 0 Å². The van der Waals surface area contributed by atoms with Gasteiger partial charge in [0.15, 0.2) is 5.78 Å². The minimum atomic E-state index is -0.446. The monoisotopic (exact) mass is 306 g/mol. The van der Waals surface area contributed by atoms with E-state index >= 15 is 0 Å². The summed E-state index contributed by atoms with van der Waals surface area (Å²) in [5.41, 5.74) is 0.662. The van der Waals surface area contributed by atoms with E-state index in [0.29, 0.717) is 6.42 Å². The maximum absolute atomic E-state index is 12.0. The molecule has 0 aromatic heterocycles. The van der Waals surface area contributed by atoms with Gasteiger partial charge in [0.2, 0.25) is 0 Å². The summed E-state index contributed by atoms with van der Waals surface area (Å²) in [5, 5.41) is 44.5. The maximum atomic E-state index is 12.0. The van der Waals surface area contributed by atoms with Gasteiger partial charge < -0.3 is 25.5 Å². The van der Waals surface area contributed by atoms with Gasteiger partial charge in [0, 0.05) is 25.7 Å². The van der Waals surface area contributed by atoms with Crippen molar-refractivity contribution in [1.82, 2.24) is 0 Å². The second kappa shape index (κ2) is 7.90. The van der Waals surface area contributed by atoms with Crippen molar-refractivity contribution < 1.29 is 30.3 Å². The lowest BCUT2D eigenvalue weighted by Gasteiger charge is -2.07. The van der Waals surface area contributed by atoms with Crippen LogP contribution in [0.2, 0.25) is 0 Å². The lowest BCUT2D eigenvalue weighted by atomic mass is 10.0. The highest BCUT2D eigenvalue weighted by Crippen LogP contribution is 2.33. The third-order valence-electron chi connectivity index (χ3n) is 2.94. The number of hydrogen-bond acceptors (Lipinski definition) is 6. The summed E-state index contributed by atoms with van der Waals surface area (Å²) in [6.07, 6.45) is 0.509. The third kappa shape index (κ3) is 4.39. The van der Waals surface area contributed by atoms with E-state index in [2.05, 4.69) is 0 Å². The first-order valence-corrected chi connectivity index (χ1v) is 6.48. The normalized spacial score (nSPS) is 9.73. The molecular weight excluding hydrogens is 288 g/mol. The molecular formula is C16H18O6. The molecule has 2 rings (SSSR count). The Labute approximate surface area is 127 Å². The Kier molecular flexibility index (Phi) is 6.22. The van der Waals surface area contributed by atoms with Crippen LogP contribution in [0.5, 0.6) is 23.0 Å². The molecule has 0 aliphatic rings. The molecule has 0 bridgehead atoms.